The molecule has 2 aliphatic rings. The van der Waals surface area contributed by atoms with Crippen molar-refractivity contribution in [3.05, 3.63) is 29.3 Å². The normalized spacial score (nSPS) is 28.7. The Hall–Kier alpha value is -1.46. The van der Waals surface area contributed by atoms with E-state index in [-0.39, 0.29) is 11.9 Å². The van der Waals surface area contributed by atoms with Crippen molar-refractivity contribution in [3.63, 3.8) is 0 Å². The van der Waals surface area contributed by atoms with Crippen LogP contribution in [0.25, 0.3) is 10.2 Å². The van der Waals surface area contributed by atoms with E-state index in [0.29, 0.717) is 5.69 Å². The maximum Gasteiger partial charge on any atom is 0.270 e. The smallest absolute Gasteiger partial charge is 0.270 e. The third kappa shape index (κ3) is 2.21. The molecule has 2 aromatic rings. The van der Waals surface area contributed by atoms with Gasteiger partial charge in [-0.3, -0.25) is 4.79 Å². The van der Waals surface area contributed by atoms with Crippen molar-refractivity contribution in [3.8, 4) is 0 Å². The average Bonchev–Trinajstić information content (AvgIpc) is 3.04. The van der Waals surface area contributed by atoms with Gasteiger partial charge in [0.15, 0.2) is 0 Å². The molecular weight excluding hydrogens is 270 g/mol. The summed E-state index contributed by atoms with van der Waals surface area (Å²) in [6.45, 7) is 3.39. The minimum atomic E-state index is -0.0344. The number of fused-ring (bicyclic) bond motifs is 3. The predicted octanol–water partition coefficient (Wildman–Crippen LogP) is 2.12. The van der Waals surface area contributed by atoms with E-state index in [0.717, 1.165) is 29.1 Å². The number of carbonyl (C=O) groups is 1. The lowest BCUT2D eigenvalue weighted by Crippen LogP contribution is -2.47. The van der Waals surface area contributed by atoms with Crippen molar-refractivity contribution in [1.82, 2.24) is 15.2 Å². The van der Waals surface area contributed by atoms with Crippen LogP contribution in [0.4, 0.5) is 0 Å². The highest BCUT2D eigenvalue weighted by Crippen LogP contribution is 2.27. The second-order valence-electron chi connectivity index (χ2n) is 5.83. The number of carbonyl (C=O) groups excluding carboxylic acids is 1. The van der Waals surface area contributed by atoms with Gasteiger partial charge in [-0.15, -0.1) is 11.3 Å². The molecule has 2 aliphatic heterocycles. The summed E-state index contributed by atoms with van der Waals surface area (Å²) in [5.41, 5.74) is 0.535. The highest BCUT2D eigenvalue weighted by Gasteiger charge is 2.33. The lowest BCUT2D eigenvalue weighted by atomic mass is 9.97. The number of nitrogens with one attached hydrogen (secondary N) is 1. The van der Waals surface area contributed by atoms with E-state index in [4.69, 9.17) is 0 Å². The van der Waals surface area contributed by atoms with Crippen LogP contribution < -0.4 is 5.32 Å². The van der Waals surface area contributed by atoms with Crippen LogP contribution in [-0.4, -0.2) is 41.5 Å². The Bertz CT molecular complexity index is 641. The van der Waals surface area contributed by atoms with Crippen LogP contribution >= 0.6 is 11.3 Å². The summed E-state index contributed by atoms with van der Waals surface area (Å²) in [7, 11) is 0. The first-order chi connectivity index (χ1) is 9.78. The van der Waals surface area contributed by atoms with Crippen LogP contribution in [-0.2, 0) is 0 Å². The minimum absolute atomic E-state index is 0.0344. The number of hydrogen-bond donors (Lipinski definition) is 1. The van der Waals surface area contributed by atoms with E-state index < -0.39 is 0 Å². The Balaban J connectivity index is 1.49. The first-order valence-corrected chi connectivity index (χ1v) is 8.03. The fourth-order valence-corrected chi connectivity index (χ4v) is 4.16. The molecule has 3 atom stereocenters. The maximum atomic E-state index is 12.3. The van der Waals surface area contributed by atoms with Gasteiger partial charge in [0, 0.05) is 24.5 Å². The Kier molecular flexibility index (Phi) is 2.97. The van der Waals surface area contributed by atoms with Crippen LogP contribution in [0.3, 0.4) is 0 Å². The third-order valence-corrected chi connectivity index (χ3v) is 5.17. The van der Waals surface area contributed by atoms with E-state index >= 15 is 0 Å². The fourth-order valence-electron chi connectivity index (χ4n) is 3.39. The number of amides is 1. The molecule has 0 aromatic carbocycles. The number of nitrogens with zero attached hydrogens (tertiary/aromatic N) is 2. The monoisotopic (exact) mass is 287 g/mol. The number of hydrogen-bond acceptors (Lipinski definition) is 4. The summed E-state index contributed by atoms with van der Waals surface area (Å²) in [4.78, 5) is 20.2. The number of rotatable bonds is 2. The van der Waals surface area contributed by atoms with Crippen LogP contribution in [0.5, 0.6) is 0 Å². The summed E-state index contributed by atoms with van der Waals surface area (Å²) in [6, 6.07) is 6.11. The minimum Gasteiger partial charge on any atom is -0.347 e. The van der Waals surface area contributed by atoms with Crippen molar-refractivity contribution < 1.29 is 4.79 Å². The molecule has 20 heavy (non-hydrogen) atoms. The highest BCUT2D eigenvalue weighted by molar-refractivity contribution is 7.16. The lowest BCUT2D eigenvalue weighted by Gasteiger charge is -2.30. The van der Waals surface area contributed by atoms with Crippen molar-refractivity contribution in [2.45, 2.75) is 18.9 Å². The van der Waals surface area contributed by atoms with Gasteiger partial charge in [-0.05, 0) is 48.9 Å². The zero-order chi connectivity index (χ0) is 13.5. The number of piperidine rings is 1. The Labute approximate surface area is 121 Å². The van der Waals surface area contributed by atoms with Crippen LogP contribution in [0.1, 0.15) is 23.3 Å². The zero-order valence-corrected chi connectivity index (χ0v) is 12.0. The topological polar surface area (TPSA) is 45.2 Å². The van der Waals surface area contributed by atoms with Crippen LogP contribution in [0.2, 0.25) is 0 Å². The van der Waals surface area contributed by atoms with Gasteiger partial charge in [0.1, 0.15) is 10.5 Å². The van der Waals surface area contributed by atoms with E-state index in [1.807, 2.05) is 23.6 Å². The van der Waals surface area contributed by atoms with E-state index in [2.05, 4.69) is 15.2 Å². The summed E-state index contributed by atoms with van der Waals surface area (Å²) in [5, 5.41) is 6.26. The van der Waals surface area contributed by atoms with Crippen molar-refractivity contribution in [2.24, 2.45) is 5.92 Å². The SMILES string of the molecule is O=C(N[C@@H]1CC2CCN(C2)C1)c1ccc2ccsc2n1. The molecule has 4 nitrogen and oxygen atoms in total. The Morgan fingerprint density at radius 3 is 3.20 bits per heavy atom. The first kappa shape index (κ1) is 12.3. The van der Waals surface area contributed by atoms with E-state index in [1.54, 1.807) is 11.3 Å². The quantitative estimate of drug-likeness (QED) is 0.920. The van der Waals surface area contributed by atoms with E-state index in [1.165, 1.54) is 19.5 Å². The molecule has 2 unspecified atom stereocenters. The Morgan fingerprint density at radius 1 is 1.35 bits per heavy atom. The van der Waals surface area contributed by atoms with Gasteiger partial charge in [0.2, 0.25) is 0 Å². The van der Waals surface area contributed by atoms with E-state index in [9.17, 15) is 4.79 Å². The number of pyridine rings is 1. The predicted molar refractivity (Wildman–Crippen MR) is 80.0 cm³/mol. The molecule has 4 heterocycles. The average molecular weight is 287 g/mol. The van der Waals surface area contributed by atoms with Crippen molar-refractivity contribution in [1.29, 1.82) is 0 Å². The molecule has 0 radical (unpaired) electrons. The van der Waals surface area contributed by atoms with Gasteiger partial charge in [-0.2, -0.15) is 0 Å². The number of thiophene rings is 1. The van der Waals surface area contributed by atoms with Gasteiger partial charge in [0.05, 0.1) is 0 Å². The van der Waals surface area contributed by atoms with Crippen LogP contribution in [0, 0.1) is 5.92 Å². The zero-order valence-electron chi connectivity index (χ0n) is 11.2. The maximum absolute atomic E-state index is 12.3. The molecule has 0 spiro atoms. The lowest BCUT2D eigenvalue weighted by molar-refractivity contribution is 0.0905. The summed E-state index contributed by atoms with van der Waals surface area (Å²) in [6.07, 6.45) is 2.40. The molecule has 2 saturated heterocycles. The summed E-state index contributed by atoms with van der Waals surface area (Å²) >= 11 is 1.58. The van der Waals surface area contributed by atoms with Gasteiger partial charge in [0.25, 0.3) is 5.91 Å². The molecule has 1 N–H and O–H groups in total. The third-order valence-electron chi connectivity index (χ3n) is 4.35. The van der Waals surface area contributed by atoms with Gasteiger partial charge >= 0.3 is 0 Å². The molecule has 0 saturated carbocycles. The van der Waals surface area contributed by atoms with Crippen LogP contribution in [0.15, 0.2) is 23.6 Å². The molecule has 2 fully saturated rings. The molecule has 2 bridgehead atoms. The molecule has 104 valence electrons. The fraction of sp³-hybridized carbons (Fsp3) is 0.467. The highest BCUT2D eigenvalue weighted by atomic mass is 32.1. The van der Waals surface area contributed by atoms with Crippen molar-refractivity contribution >= 4 is 27.5 Å². The molecule has 2 aromatic heterocycles. The van der Waals surface area contributed by atoms with Crippen molar-refractivity contribution in [2.75, 3.05) is 19.6 Å². The van der Waals surface area contributed by atoms with Gasteiger partial charge < -0.3 is 10.2 Å². The second kappa shape index (κ2) is 4.82. The Morgan fingerprint density at radius 2 is 2.30 bits per heavy atom. The standard InChI is InChI=1S/C15H17N3OS/c19-14(13-2-1-11-4-6-20-15(11)17-13)16-12-7-10-3-5-18(8-10)9-12/h1-2,4,6,10,12H,3,5,7-9H2,(H,16,19)/t10?,12-/m1/s1. The second-order valence-corrected chi connectivity index (χ2v) is 6.73. The number of aromatic nitrogens is 1. The van der Waals surface area contributed by atoms with Gasteiger partial charge in [-0.25, -0.2) is 4.98 Å². The largest absolute Gasteiger partial charge is 0.347 e. The van der Waals surface area contributed by atoms with Gasteiger partial charge in [-0.1, -0.05) is 0 Å². The first-order valence-electron chi connectivity index (χ1n) is 7.15. The summed E-state index contributed by atoms with van der Waals surface area (Å²) in [5.74, 6) is 0.731. The summed E-state index contributed by atoms with van der Waals surface area (Å²) < 4.78 is 0. The molecular formula is C15H17N3OS. The molecule has 4 rings (SSSR count). The molecule has 0 aliphatic carbocycles. The molecule has 5 heteroatoms. The molecule has 1 amide bonds.